The standard InChI is InChI=1S/C13H25N5/c1-12(10-18-6-4-3-5-7-18)8-14-9-13-11-17(2)16-15-13/h11-12,14H,3-10H2,1-2H3. The van der Waals surface area contributed by atoms with Crippen LogP contribution in [0.25, 0.3) is 0 Å². The van der Waals surface area contributed by atoms with E-state index < -0.39 is 0 Å². The largest absolute Gasteiger partial charge is 0.311 e. The quantitative estimate of drug-likeness (QED) is 0.820. The van der Waals surface area contributed by atoms with E-state index in [1.165, 1.54) is 38.9 Å². The molecule has 0 aliphatic carbocycles. The van der Waals surface area contributed by atoms with Gasteiger partial charge in [-0.2, -0.15) is 0 Å². The van der Waals surface area contributed by atoms with Crippen molar-refractivity contribution in [2.75, 3.05) is 26.2 Å². The number of nitrogens with zero attached hydrogens (tertiary/aromatic N) is 4. The van der Waals surface area contributed by atoms with Crippen molar-refractivity contribution in [3.63, 3.8) is 0 Å². The molecule has 0 saturated carbocycles. The molecular weight excluding hydrogens is 226 g/mol. The van der Waals surface area contributed by atoms with Crippen molar-refractivity contribution in [1.29, 1.82) is 0 Å². The van der Waals surface area contributed by atoms with Gasteiger partial charge in [0.05, 0.1) is 5.69 Å². The summed E-state index contributed by atoms with van der Waals surface area (Å²) in [5.41, 5.74) is 1.02. The molecule has 102 valence electrons. The van der Waals surface area contributed by atoms with Gasteiger partial charge in [-0.15, -0.1) is 5.10 Å². The lowest BCUT2D eigenvalue weighted by Crippen LogP contribution is -2.36. The molecule has 5 nitrogen and oxygen atoms in total. The molecule has 1 fully saturated rings. The van der Waals surface area contributed by atoms with E-state index in [2.05, 4.69) is 27.5 Å². The van der Waals surface area contributed by atoms with Gasteiger partial charge in [-0.05, 0) is 38.4 Å². The van der Waals surface area contributed by atoms with Crippen LogP contribution in [0.1, 0.15) is 31.9 Å². The summed E-state index contributed by atoms with van der Waals surface area (Å²) in [5.74, 6) is 0.694. The van der Waals surface area contributed by atoms with E-state index in [1.807, 2.05) is 13.2 Å². The van der Waals surface area contributed by atoms with Gasteiger partial charge in [-0.1, -0.05) is 18.6 Å². The molecule has 1 atom stereocenters. The summed E-state index contributed by atoms with van der Waals surface area (Å²) in [5, 5.41) is 11.5. The summed E-state index contributed by atoms with van der Waals surface area (Å²) in [7, 11) is 1.90. The molecule has 5 heteroatoms. The number of aryl methyl sites for hydroxylation is 1. The van der Waals surface area contributed by atoms with E-state index >= 15 is 0 Å². The Balaban J connectivity index is 1.60. The fourth-order valence-electron chi connectivity index (χ4n) is 2.57. The first-order valence-electron chi connectivity index (χ1n) is 7.02. The maximum Gasteiger partial charge on any atom is 0.0964 e. The lowest BCUT2D eigenvalue weighted by molar-refractivity contribution is 0.199. The van der Waals surface area contributed by atoms with Crippen LogP contribution in [0.2, 0.25) is 0 Å². The SMILES string of the molecule is CC(CNCc1cn(C)nn1)CN1CCCCC1. The summed E-state index contributed by atoms with van der Waals surface area (Å²) < 4.78 is 1.74. The van der Waals surface area contributed by atoms with Crippen LogP contribution in [-0.2, 0) is 13.6 Å². The first-order valence-corrected chi connectivity index (χ1v) is 7.02. The molecule has 1 N–H and O–H groups in total. The molecule has 0 aromatic carbocycles. The Bertz CT molecular complexity index is 343. The minimum Gasteiger partial charge on any atom is -0.311 e. The molecule has 18 heavy (non-hydrogen) atoms. The molecule has 1 aliphatic heterocycles. The summed E-state index contributed by atoms with van der Waals surface area (Å²) in [4.78, 5) is 2.60. The monoisotopic (exact) mass is 251 g/mol. The molecule has 1 saturated heterocycles. The number of hydrogen-bond donors (Lipinski definition) is 1. The summed E-state index contributed by atoms with van der Waals surface area (Å²) in [6, 6.07) is 0. The normalized spacial score (nSPS) is 19.0. The molecule has 0 bridgehead atoms. The van der Waals surface area contributed by atoms with Gasteiger partial charge in [-0.3, -0.25) is 4.68 Å². The zero-order chi connectivity index (χ0) is 12.8. The van der Waals surface area contributed by atoms with Gasteiger partial charge in [-0.25, -0.2) is 0 Å². The number of aromatic nitrogens is 3. The van der Waals surface area contributed by atoms with E-state index in [-0.39, 0.29) is 0 Å². The minimum absolute atomic E-state index is 0.694. The third-order valence-electron chi connectivity index (χ3n) is 3.47. The first-order chi connectivity index (χ1) is 8.74. The summed E-state index contributed by atoms with van der Waals surface area (Å²) >= 11 is 0. The number of piperidine rings is 1. The Kier molecular flexibility index (Phi) is 5.13. The molecule has 1 aromatic heterocycles. The molecule has 1 aliphatic rings. The van der Waals surface area contributed by atoms with Crippen molar-refractivity contribution in [3.8, 4) is 0 Å². The summed E-state index contributed by atoms with van der Waals surface area (Å²) in [6.45, 7) is 7.97. The van der Waals surface area contributed by atoms with Gasteiger partial charge >= 0.3 is 0 Å². The second-order valence-corrected chi connectivity index (χ2v) is 5.48. The van der Waals surface area contributed by atoms with Crippen molar-refractivity contribution in [1.82, 2.24) is 25.2 Å². The fraction of sp³-hybridized carbons (Fsp3) is 0.846. The third-order valence-corrected chi connectivity index (χ3v) is 3.47. The maximum atomic E-state index is 4.07. The van der Waals surface area contributed by atoms with E-state index in [1.54, 1.807) is 4.68 Å². The molecule has 2 heterocycles. The Hall–Kier alpha value is -0.940. The van der Waals surface area contributed by atoms with Gasteiger partial charge in [0, 0.05) is 26.3 Å². The second-order valence-electron chi connectivity index (χ2n) is 5.48. The average Bonchev–Trinajstić information content (AvgIpc) is 2.76. The predicted octanol–water partition coefficient (Wildman–Crippen LogP) is 1.03. The molecule has 0 amide bonds. The summed E-state index contributed by atoms with van der Waals surface area (Å²) in [6.07, 6.45) is 6.12. The highest BCUT2D eigenvalue weighted by molar-refractivity contribution is 4.90. The van der Waals surface area contributed by atoms with Crippen LogP contribution in [0, 0.1) is 5.92 Å². The van der Waals surface area contributed by atoms with Gasteiger partial charge in [0.25, 0.3) is 0 Å². The number of hydrogen-bond acceptors (Lipinski definition) is 4. The molecule has 2 rings (SSSR count). The fourth-order valence-corrected chi connectivity index (χ4v) is 2.57. The Labute approximate surface area is 110 Å². The van der Waals surface area contributed by atoms with Gasteiger partial charge in [0.1, 0.15) is 0 Å². The van der Waals surface area contributed by atoms with Crippen LogP contribution < -0.4 is 5.32 Å². The predicted molar refractivity (Wildman–Crippen MR) is 72.2 cm³/mol. The number of nitrogens with one attached hydrogen (secondary N) is 1. The van der Waals surface area contributed by atoms with Gasteiger partial charge in [0.15, 0.2) is 0 Å². The van der Waals surface area contributed by atoms with Crippen molar-refractivity contribution in [3.05, 3.63) is 11.9 Å². The Morgan fingerprint density at radius 3 is 2.78 bits per heavy atom. The van der Waals surface area contributed by atoms with Crippen LogP contribution in [-0.4, -0.2) is 46.1 Å². The maximum absolute atomic E-state index is 4.07. The van der Waals surface area contributed by atoms with E-state index in [0.717, 1.165) is 18.8 Å². The Morgan fingerprint density at radius 1 is 1.33 bits per heavy atom. The van der Waals surface area contributed by atoms with E-state index in [0.29, 0.717) is 5.92 Å². The van der Waals surface area contributed by atoms with Crippen LogP contribution in [0.4, 0.5) is 0 Å². The Morgan fingerprint density at radius 2 is 2.11 bits per heavy atom. The molecule has 0 radical (unpaired) electrons. The highest BCUT2D eigenvalue weighted by atomic mass is 15.4. The van der Waals surface area contributed by atoms with Crippen LogP contribution in [0.15, 0.2) is 6.20 Å². The molecular formula is C13H25N5. The lowest BCUT2D eigenvalue weighted by Gasteiger charge is -2.29. The number of rotatable bonds is 6. The zero-order valence-electron chi connectivity index (χ0n) is 11.6. The van der Waals surface area contributed by atoms with Crippen molar-refractivity contribution in [2.24, 2.45) is 13.0 Å². The molecule has 1 aromatic rings. The lowest BCUT2D eigenvalue weighted by atomic mass is 10.1. The smallest absolute Gasteiger partial charge is 0.0964 e. The minimum atomic E-state index is 0.694. The second kappa shape index (κ2) is 6.85. The van der Waals surface area contributed by atoms with Crippen LogP contribution in [0.5, 0.6) is 0 Å². The highest BCUT2D eigenvalue weighted by Gasteiger charge is 2.13. The third kappa shape index (κ3) is 4.38. The first kappa shape index (κ1) is 13.5. The zero-order valence-corrected chi connectivity index (χ0v) is 11.6. The molecule has 1 unspecified atom stereocenters. The van der Waals surface area contributed by atoms with Crippen LogP contribution >= 0.6 is 0 Å². The topological polar surface area (TPSA) is 46.0 Å². The van der Waals surface area contributed by atoms with E-state index in [9.17, 15) is 0 Å². The van der Waals surface area contributed by atoms with Crippen molar-refractivity contribution in [2.45, 2.75) is 32.7 Å². The van der Waals surface area contributed by atoms with Gasteiger partial charge < -0.3 is 10.2 Å². The van der Waals surface area contributed by atoms with E-state index in [4.69, 9.17) is 0 Å². The van der Waals surface area contributed by atoms with Crippen molar-refractivity contribution >= 4 is 0 Å². The van der Waals surface area contributed by atoms with Gasteiger partial charge in [0.2, 0.25) is 0 Å². The van der Waals surface area contributed by atoms with Crippen LogP contribution in [0.3, 0.4) is 0 Å². The highest BCUT2D eigenvalue weighted by Crippen LogP contribution is 2.10. The number of likely N-dealkylation sites (tertiary alicyclic amines) is 1. The average molecular weight is 251 g/mol. The van der Waals surface area contributed by atoms with Crippen molar-refractivity contribution < 1.29 is 0 Å². The molecule has 0 spiro atoms.